The molecule has 0 bridgehead atoms. The largest absolute Gasteiger partial charge is 0.454 e. The Balaban J connectivity index is 1.73. The van der Waals surface area contributed by atoms with Gasteiger partial charge in [0.15, 0.2) is 24.8 Å². The smallest absolute Gasteiger partial charge is 0.331 e. The minimum absolute atomic E-state index is 0.328. The highest BCUT2D eigenvalue weighted by Gasteiger charge is 2.48. The Labute approximate surface area is 183 Å². The Kier molecular flexibility index (Phi) is 8.32. The SMILES string of the molecule is CC(=O)O[C@@H]1[C@@H](O[C@@H]2OC[C@@H](O)[C@H](O)[C@H]2OC(=O)/C=C/c2ccccc2)[C@@H](O)CO[C@H]1O. The number of ether oxygens (including phenoxy) is 5. The van der Waals surface area contributed by atoms with E-state index in [1.54, 1.807) is 24.3 Å². The third-order valence-electron chi connectivity index (χ3n) is 4.91. The molecular formula is C21H26O11. The molecule has 4 N–H and O–H groups in total. The number of carbonyl (C=O) groups excluding carboxylic acids is 2. The maximum atomic E-state index is 12.3. The second-order valence-corrected chi connectivity index (χ2v) is 7.37. The Morgan fingerprint density at radius 1 is 0.938 bits per heavy atom. The van der Waals surface area contributed by atoms with Crippen molar-refractivity contribution in [1.29, 1.82) is 0 Å². The lowest BCUT2D eigenvalue weighted by Gasteiger charge is -2.42. The van der Waals surface area contributed by atoms with Gasteiger partial charge in [0, 0.05) is 13.0 Å². The fraction of sp³-hybridized carbons (Fsp3) is 0.524. The summed E-state index contributed by atoms with van der Waals surface area (Å²) in [5, 5.41) is 40.6. The first-order chi connectivity index (χ1) is 15.3. The number of aliphatic hydroxyl groups excluding tert-OH is 4. The number of benzene rings is 1. The lowest BCUT2D eigenvalue weighted by molar-refractivity contribution is -0.331. The van der Waals surface area contributed by atoms with Gasteiger partial charge in [-0.25, -0.2) is 4.79 Å². The summed E-state index contributed by atoms with van der Waals surface area (Å²) in [6.07, 6.45) is -8.84. The van der Waals surface area contributed by atoms with E-state index in [0.717, 1.165) is 18.6 Å². The molecule has 11 nitrogen and oxygen atoms in total. The van der Waals surface area contributed by atoms with Gasteiger partial charge in [-0.05, 0) is 11.6 Å². The van der Waals surface area contributed by atoms with Gasteiger partial charge in [0.1, 0.15) is 24.4 Å². The maximum absolute atomic E-state index is 12.3. The predicted octanol–water partition coefficient (Wildman–Crippen LogP) is -1.28. The number of carbonyl (C=O) groups is 2. The van der Waals surface area contributed by atoms with E-state index in [2.05, 4.69) is 0 Å². The average Bonchev–Trinajstić information content (AvgIpc) is 2.77. The molecule has 0 saturated carbocycles. The number of aliphatic hydroxyl groups is 4. The highest BCUT2D eigenvalue weighted by Crippen LogP contribution is 2.27. The first-order valence-electron chi connectivity index (χ1n) is 9.98. The molecule has 8 atom stereocenters. The number of hydrogen-bond donors (Lipinski definition) is 4. The van der Waals surface area contributed by atoms with Crippen LogP contribution in [0.4, 0.5) is 0 Å². The molecule has 0 aliphatic carbocycles. The van der Waals surface area contributed by atoms with Gasteiger partial charge >= 0.3 is 11.9 Å². The van der Waals surface area contributed by atoms with Crippen LogP contribution in [0.25, 0.3) is 6.08 Å². The highest BCUT2D eigenvalue weighted by atomic mass is 16.7. The Bertz CT molecular complexity index is 798. The average molecular weight is 454 g/mol. The second-order valence-electron chi connectivity index (χ2n) is 7.37. The van der Waals surface area contributed by atoms with E-state index >= 15 is 0 Å². The zero-order valence-electron chi connectivity index (χ0n) is 17.2. The van der Waals surface area contributed by atoms with Crippen LogP contribution in [0.2, 0.25) is 0 Å². The normalized spacial score (nSPS) is 35.4. The third-order valence-corrected chi connectivity index (χ3v) is 4.91. The van der Waals surface area contributed by atoms with Crippen LogP contribution >= 0.6 is 0 Å². The van der Waals surface area contributed by atoms with Crippen molar-refractivity contribution in [2.75, 3.05) is 13.2 Å². The highest BCUT2D eigenvalue weighted by molar-refractivity contribution is 5.87. The number of esters is 2. The molecule has 2 aliphatic heterocycles. The molecule has 11 heteroatoms. The van der Waals surface area contributed by atoms with Gasteiger partial charge in [-0.2, -0.15) is 0 Å². The van der Waals surface area contributed by atoms with Gasteiger partial charge in [-0.15, -0.1) is 0 Å². The van der Waals surface area contributed by atoms with E-state index in [-0.39, 0.29) is 13.2 Å². The topological polar surface area (TPSA) is 161 Å². The molecule has 1 aromatic rings. The number of hydrogen-bond acceptors (Lipinski definition) is 11. The monoisotopic (exact) mass is 454 g/mol. The van der Waals surface area contributed by atoms with Gasteiger partial charge in [0.2, 0.25) is 0 Å². The lowest BCUT2D eigenvalue weighted by Crippen LogP contribution is -2.61. The summed E-state index contributed by atoms with van der Waals surface area (Å²) >= 11 is 0. The molecule has 0 aromatic heterocycles. The van der Waals surface area contributed by atoms with Crippen LogP contribution in [0.15, 0.2) is 36.4 Å². The van der Waals surface area contributed by atoms with Crippen molar-refractivity contribution >= 4 is 18.0 Å². The summed E-state index contributed by atoms with van der Waals surface area (Å²) in [7, 11) is 0. The molecule has 0 amide bonds. The molecule has 2 saturated heterocycles. The van der Waals surface area contributed by atoms with Crippen LogP contribution in [0.3, 0.4) is 0 Å². The molecular weight excluding hydrogens is 428 g/mol. The number of rotatable bonds is 6. The molecule has 32 heavy (non-hydrogen) atoms. The Hall–Kier alpha value is -2.38. The van der Waals surface area contributed by atoms with E-state index in [1.807, 2.05) is 6.07 Å². The molecule has 2 fully saturated rings. The maximum Gasteiger partial charge on any atom is 0.331 e. The van der Waals surface area contributed by atoms with E-state index < -0.39 is 61.1 Å². The van der Waals surface area contributed by atoms with Crippen molar-refractivity contribution in [2.45, 2.75) is 56.1 Å². The standard InChI is InChI=1S/C21H26O11/c1-11(22)30-19-17(14(24)10-28-20(19)27)32-21-18(16(26)13(23)9-29-21)31-15(25)8-7-12-5-3-2-4-6-12/h2-8,13-14,16-21,23-24,26-27H,9-10H2,1H3/b8-7+/t13-,14+,16+,17+,18-,19-,20-,21+/m1/s1. The summed E-state index contributed by atoms with van der Waals surface area (Å²) in [4.78, 5) is 23.7. The van der Waals surface area contributed by atoms with E-state index in [0.29, 0.717) is 0 Å². The van der Waals surface area contributed by atoms with Gasteiger partial charge < -0.3 is 44.1 Å². The van der Waals surface area contributed by atoms with Crippen molar-refractivity contribution < 1.29 is 53.7 Å². The van der Waals surface area contributed by atoms with Crippen LogP contribution < -0.4 is 0 Å². The minimum atomic E-state index is -1.58. The van der Waals surface area contributed by atoms with E-state index in [4.69, 9.17) is 23.7 Å². The fourth-order valence-electron chi connectivity index (χ4n) is 3.32. The summed E-state index contributed by atoms with van der Waals surface area (Å²) in [5.41, 5.74) is 0.737. The van der Waals surface area contributed by atoms with E-state index in [1.165, 1.54) is 6.08 Å². The molecule has 2 aliphatic rings. The Morgan fingerprint density at radius 3 is 2.31 bits per heavy atom. The molecule has 0 spiro atoms. The molecule has 3 rings (SSSR count). The Morgan fingerprint density at radius 2 is 1.62 bits per heavy atom. The van der Waals surface area contributed by atoms with Gasteiger partial charge in [-0.1, -0.05) is 30.3 Å². The summed E-state index contributed by atoms with van der Waals surface area (Å²) in [5.74, 6) is -1.59. The first kappa shape index (κ1) is 24.3. The summed E-state index contributed by atoms with van der Waals surface area (Å²) < 4.78 is 26.2. The van der Waals surface area contributed by atoms with Crippen molar-refractivity contribution in [3.8, 4) is 0 Å². The zero-order valence-corrected chi connectivity index (χ0v) is 17.2. The third kappa shape index (κ3) is 6.11. The van der Waals surface area contributed by atoms with Crippen molar-refractivity contribution in [3.05, 3.63) is 42.0 Å². The predicted molar refractivity (Wildman–Crippen MR) is 106 cm³/mol. The minimum Gasteiger partial charge on any atom is -0.454 e. The van der Waals surface area contributed by atoms with Crippen molar-refractivity contribution in [1.82, 2.24) is 0 Å². The quantitative estimate of drug-likeness (QED) is 0.299. The molecule has 2 heterocycles. The molecule has 0 unspecified atom stereocenters. The van der Waals surface area contributed by atoms with Gasteiger partial charge in [-0.3, -0.25) is 4.79 Å². The summed E-state index contributed by atoms with van der Waals surface area (Å²) in [6, 6.07) is 8.93. The van der Waals surface area contributed by atoms with Crippen LogP contribution in [-0.4, -0.2) is 94.8 Å². The summed E-state index contributed by atoms with van der Waals surface area (Å²) in [6.45, 7) is 0.428. The molecule has 176 valence electrons. The van der Waals surface area contributed by atoms with Crippen LogP contribution in [0.5, 0.6) is 0 Å². The van der Waals surface area contributed by atoms with Crippen molar-refractivity contribution in [3.63, 3.8) is 0 Å². The second kappa shape index (κ2) is 11.0. The van der Waals surface area contributed by atoms with Crippen LogP contribution in [-0.2, 0) is 33.3 Å². The molecule has 1 aromatic carbocycles. The van der Waals surface area contributed by atoms with Crippen LogP contribution in [0.1, 0.15) is 12.5 Å². The van der Waals surface area contributed by atoms with Gasteiger partial charge in [0.25, 0.3) is 0 Å². The van der Waals surface area contributed by atoms with Gasteiger partial charge in [0.05, 0.1) is 13.2 Å². The molecule has 0 radical (unpaired) electrons. The fourth-order valence-corrected chi connectivity index (χ4v) is 3.32. The van der Waals surface area contributed by atoms with E-state index in [9.17, 15) is 30.0 Å². The van der Waals surface area contributed by atoms with Crippen molar-refractivity contribution in [2.24, 2.45) is 0 Å². The van der Waals surface area contributed by atoms with Crippen LogP contribution in [0, 0.1) is 0 Å². The zero-order chi connectivity index (χ0) is 23.3. The lowest BCUT2D eigenvalue weighted by atomic mass is 10.0. The first-order valence-corrected chi connectivity index (χ1v) is 9.98.